The lowest BCUT2D eigenvalue weighted by Gasteiger charge is -2.38. The van der Waals surface area contributed by atoms with E-state index in [0.717, 1.165) is 46.6 Å². The number of hydrogen-bond acceptors (Lipinski definition) is 4. The van der Waals surface area contributed by atoms with Crippen molar-refractivity contribution in [1.82, 2.24) is 15.0 Å². The predicted octanol–water partition coefficient (Wildman–Crippen LogP) is 3.75. The molecule has 23 heavy (non-hydrogen) atoms. The van der Waals surface area contributed by atoms with Crippen LogP contribution in [0.3, 0.4) is 0 Å². The third-order valence-electron chi connectivity index (χ3n) is 4.77. The number of rotatable bonds is 2. The summed E-state index contributed by atoms with van der Waals surface area (Å²) < 4.78 is 5.35. The van der Waals surface area contributed by atoms with Crippen molar-refractivity contribution >= 4 is 27.8 Å². The molecule has 0 aliphatic carbocycles. The molecular weight excluding hydrogens is 288 g/mol. The minimum Gasteiger partial charge on any atom is -0.497 e. The second-order valence-electron chi connectivity index (χ2n) is 7.15. The summed E-state index contributed by atoms with van der Waals surface area (Å²) >= 11 is 0. The Kier molecular flexibility index (Phi) is 3.18. The highest BCUT2D eigenvalue weighted by molar-refractivity contribution is 6.08. The van der Waals surface area contributed by atoms with Crippen LogP contribution in [-0.4, -0.2) is 35.2 Å². The van der Waals surface area contributed by atoms with Gasteiger partial charge in [-0.15, -0.1) is 0 Å². The van der Waals surface area contributed by atoms with E-state index >= 15 is 0 Å². The van der Waals surface area contributed by atoms with E-state index in [1.54, 1.807) is 13.4 Å². The first-order valence-corrected chi connectivity index (χ1v) is 8.13. The van der Waals surface area contributed by atoms with Crippen molar-refractivity contribution < 1.29 is 4.74 Å². The van der Waals surface area contributed by atoms with Crippen molar-refractivity contribution in [2.45, 2.75) is 26.7 Å². The molecule has 3 heterocycles. The summed E-state index contributed by atoms with van der Waals surface area (Å²) in [7, 11) is 1.69. The van der Waals surface area contributed by atoms with Crippen LogP contribution in [-0.2, 0) is 0 Å². The SMILES string of the molecule is COc1ccc2[nH]c3c(N4CCCC(C)(C)C4)ncnc3c2c1. The number of piperidine rings is 1. The van der Waals surface area contributed by atoms with E-state index in [2.05, 4.69) is 33.7 Å². The normalized spacial score (nSPS) is 17.8. The van der Waals surface area contributed by atoms with E-state index in [9.17, 15) is 0 Å². The van der Waals surface area contributed by atoms with Crippen LogP contribution in [0.25, 0.3) is 21.9 Å². The minimum atomic E-state index is 0.324. The van der Waals surface area contributed by atoms with Gasteiger partial charge in [-0.1, -0.05) is 13.8 Å². The zero-order valence-corrected chi connectivity index (χ0v) is 13.9. The van der Waals surface area contributed by atoms with Crippen LogP contribution in [0.15, 0.2) is 24.5 Å². The number of ether oxygens (including phenoxy) is 1. The highest BCUT2D eigenvalue weighted by atomic mass is 16.5. The van der Waals surface area contributed by atoms with Crippen LogP contribution in [0, 0.1) is 5.41 Å². The molecule has 5 heteroatoms. The van der Waals surface area contributed by atoms with Gasteiger partial charge in [0.15, 0.2) is 5.82 Å². The van der Waals surface area contributed by atoms with E-state index in [1.165, 1.54) is 12.8 Å². The molecule has 0 bridgehead atoms. The lowest BCUT2D eigenvalue weighted by atomic mass is 9.84. The number of benzene rings is 1. The number of aromatic amines is 1. The number of aromatic nitrogens is 3. The number of nitrogens with zero attached hydrogens (tertiary/aromatic N) is 3. The van der Waals surface area contributed by atoms with Crippen molar-refractivity contribution in [2.75, 3.05) is 25.1 Å². The summed E-state index contributed by atoms with van der Waals surface area (Å²) in [6.45, 7) is 6.73. The Morgan fingerprint density at radius 3 is 2.91 bits per heavy atom. The molecule has 2 aromatic heterocycles. The van der Waals surface area contributed by atoms with Gasteiger partial charge in [0.25, 0.3) is 0 Å². The molecular formula is C18H22N4O. The van der Waals surface area contributed by atoms with Gasteiger partial charge < -0.3 is 14.6 Å². The maximum absolute atomic E-state index is 5.35. The fourth-order valence-corrected chi connectivity index (χ4v) is 3.63. The highest BCUT2D eigenvalue weighted by Gasteiger charge is 2.28. The summed E-state index contributed by atoms with van der Waals surface area (Å²) in [5.74, 6) is 1.86. The first kappa shape index (κ1) is 14.3. The van der Waals surface area contributed by atoms with Gasteiger partial charge in [0.2, 0.25) is 0 Å². The quantitative estimate of drug-likeness (QED) is 0.783. The van der Waals surface area contributed by atoms with Gasteiger partial charge in [-0.3, -0.25) is 0 Å². The number of methoxy groups -OCH3 is 1. The summed E-state index contributed by atoms with van der Waals surface area (Å²) in [5.41, 5.74) is 3.38. The Bertz CT molecular complexity index is 868. The van der Waals surface area contributed by atoms with Gasteiger partial charge in [-0.05, 0) is 36.5 Å². The average Bonchev–Trinajstić information content (AvgIpc) is 2.91. The van der Waals surface area contributed by atoms with Gasteiger partial charge in [0, 0.05) is 24.0 Å². The third kappa shape index (κ3) is 2.40. The van der Waals surface area contributed by atoms with E-state index in [1.807, 2.05) is 18.2 Å². The topological polar surface area (TPSA) is 54.0 Å². The fourth-order valence-electron chi connectivity index (χ4n) is 3.63. The van der Waals surface area contributed by atoms with Crippen LogP contribution < -0.4 is 9.64 Å². The lowest BCUT2D eigenvalue weighted by molar-refractivity contribution is 0.292. The van der Waals surface area contributed by atoms with Crippen molar-refractivity contribution in [3.8, 4) is 5.75 Å². The maximum Gasteiger partial charge on any atom is 0.156 e. The fraction of sp³-hybridized carbons (Fsp3) is 0.444. The zero-order chi connectivity index (χ0) is 16.0. The van der Waals surface area contributed by atoms with Crippen LogP contribution in [0.4, 0.5) is 5.82 Å². The van der Waals surface area contributed by atoms with E-state index < -0.39 is 0 Å². The maximum atomic E-state index is 5.35. The standard InChI is InChI=1S/C18H22N4O/c1-18(2)7-4-8-22(10-18)17-16-15(19-11-20-17)13-9-12(23-3)5-6-14(13)21-16/h5-6,9,11,21H,4,7-8,10H2,1-3H3. The molecule has 0 spiro atoms. The summed E-state index contributed by atoms with van der Waals surface area (Å²) in [4.78, 5) is 15.0. The van der Waals surface area contributed by atoms with Gasteiger partial charge in [-0.25, -0.2) is 9.97 Å². The molecule has 4 rings (SSSR count). The molecule has 5 nitrogen and oxygen atoms in total. The highest BCUT2D eigenvalue weighted by Crippen LogP contribution is 2.35. The Morgan fingerprint density at radius 1 is 1.26 bits per heavy atom. The van der Waals surface area contributed by atoms with Crippen LogP contribution >= 0.6 is 0 Å². The first-order valence-electron chi connectivity index (χ1n) is 8.13. The van der Waals surface area contributed by atoms with E-state index in [0.29, 0.717) is 5.41 Å². The molecule has 1 aliphatic rings. The van der Waals surface area contributed by atoms with Crippen LogP contribution in [0.1, 0.15) is 26.7 Å². The molecule has 0 atom stereocenters. The van der Waals surface area contributed by atoms with Crippen molar-refractivity contribution in [2.24, 2.45) is 5.41 Å². The Balaban J connectivity index is 1.87. The summed E-state index contributed by atoms with van der Waals surface area (Å²) in [5, 5.41) is 1.08. The molecule has 0 saturated carbocycles. The summed E-state index contributed by atoms with van der Waals surface area (Å²) in [6.07, 6.45) is 4.14. The average molecular weight is 310 g/mol. The van der Waals surface area contributed by atoms with E-state index in [4.69, 9.17) is 4.74 Å². The monoisotopic (exact) mass is 310 g/mol. The predicted molar refractivity (Wildman–Crippen MR) is 93.2 cm³/mol. The molecule has 120 valence electrons. The molecule has 1 N–H and O–H groups in total. The number of nitrogens with one attached hydrogen (secondary N) is 1. The molecule has 1 saturated heterocycles. The molecule has 1 aromatic carbocycles. The van der Waals surface area contributed by atoms with Crippen LogP contribution in [0.2, 0.25) is 0 Å². The van der Waals surface area contributed by atoms with Gasteiger partial charge in [0.1, 0.15) is 23.1 Å². The molecule has 0 unspecified atom stereocenters. The number of anilines is 1. The van der Waals surface area contributed by atoms with Gasteiger partial charge in [-0.2, -0.15) is 0 Å². The van der Waals surface area contributed by atoms with E-state index in [-0.39, 0.29) is 0 Å². The Labute approximate surface area is 135 Å². The van der Waals surface area contributed by atoms with Crippen molar-refractivity contribution in [1.29, 1.82) is 0 Å². The number of hydrogen-bond donors (Lipinski definition) is 1. The molecule has 1 fully saturated rings. The molecule has 1 aliphatic heterocycles. The van der Waals surface area contributed by atoms with Crippen molar-refractivity contribution in [3.05, 3.63) is 24.5 Å². The second-order valence-corrected chi connectivity index (χ2v) is 7.15. The zero-order valence-electron chi connectivity index (χ0n) is 13.9. The number of fused-ring (bicyclic) bond motifs is 3. The largest absolute Gasteiger partial charge is 0.497 e. The molecule has 0 radical (unpaired) electrons. The smallest absolute Gasteiger partial charge is 0.156 e. The van der Waals surface area contributed by atoms with Crippen LogP contribution in [0.5, 0.6) is 5.75 Å². The Morgan fingerprint density at radius 2 is 2.13 bits per heavy atom. The first-order chi connectivity index (χ1) is 11.1. The number of H-pyrrole nitrogens is 1. The summed E-state index contributed by atoms with van der Waals surface area (Å²) in [6, 6.07) is 6.04. The van der Waals surface area contributed by atoms with Crippen molar-refractivity contribution in [3.63, 3.8) is 0 Å². The minimum absolute atomic E-state index is 0.324. The molecule has 3 aromatic rings. The third-order valence-corrected chi connectivity index (χ3v) is 4.77. The van der Waals surface area contributed by atoms with Gasteiger partial charge in [0.05, 0.1) is 7.11 Å². The lowest BCUT2D eigenvalue weighted by Crippen LogP contribution is -2.40. The van der Waals surface area contributed by atoms with Gasteiger partial charge >= 0.3 is 0 Å². The molecule has 0 amide bonds. The second kappa shape index (κ2) is 5.11. The Hall–Kier alpha value is -2.30.